The van der Waals surface area contributed by atoms with Crippen LogP contribution in [0.3, 0.4) is 0 Å². The molecule has 110 valence electrons. The van der Waals surface area contributed by atoms with Crippen molar-refractivity contribution >= 4 is 22.5 Å². The first kappa shape index (κ1) is 15.3. The first-order valence-electron chi connectivity index (χ1n) is 6.81. The Kier molecular flexibility index (Phi) is 5.05. The molecule has 0 aliphatic rings. The largest absolute Gasteiger partial charge is 0.394 e. The van der Waals surface area contributed by atoms with E-state index in [1.54, 1.807) is 0 Å². The lowest BCUT2D eigenvalue weighted by molar-refractivity contribution is 0.0822. The van der Waals surface area contributed by atoms with E-state index in [2.05, 4.69) is 19.2 Å². The van der Waals surface area contributed by atoms with E-state index in [0.29, 0.717) is 17.6 Å². The molecule has 0 saturated heterocycles. The number of aromatic nitrogens is 1. The van der Waals surface area contributed by atoms with Crippen molar-refractivity contribution in [1.82, 2.24) is 9.88 Å². The average Bonchev–Trinajstić information content (AvgIpc) is 2.73. The summed E-state index contributed by atoms with van der Waals surface area (Å²) in [4.78, 5) is 0. The standard InChI is InChI=1S/C15H21ClN2O2/c1-10(2)17-6-11-7-18(8-13(20)9-19)15-5-12(16)3-4-14(11)15/h3-5,7,10,13,17,19-20H,6,8-9H2,1-2H3. The maximum absolute atomic E-state index is 9.65. The molecule has 1 heterocycles. The fourth-order valence-electron chi connectivity index (χ4n) is 2.23. The second-order valence-corrected chi connectivity index (χ2v) is 5.78. The summed E-state index contributed by atoms with van der Waals surface area (Å²) >= 11 is 6.06. The Morgan fingerprint density at radius 1 is 1.35 bits per heavy atom. The summed E-state index contributed by atoms with van der Waals surface area (Å²) in [5.41, 5.74) is 2.14. The number of nitrogens with zero attached hydrogens (tertiary/aromatic N) is 1. The number of nitrogens with one attached hydrogen (secondary N) is 1. The van der Waals surface area contributed by atoms with Crippen LogP contribution < -0.4 is 5.32 Å². The molecule has 0 fully saturated rings. The van der Waals surface area contributed by atoms with Gasteiger partial charge in [0, 0.05) is 34.7 Å². The van der Waals surface area contributed by atoms with Gasteiger partial charge in [0.1, 0.15) is 0 Å². The molecule has 3 N–H and O–H groups in total. The molecule has 4 nitrogen and oxygen atoms in total. The molecule has 2 rings (SSSR count). The highest BCUT2D eigenvalue weighted by Crippen LogP contribution is 2.25. The molecule has 5 heteroatoms. The van der Waals surface area contributed by atoms with Crippen LogP contribution in [0.15, 0.2) is 24.4 Å². The monoisotopic (exact) mass is 296 g/mol. The maximum atomic E-state index is 9.65. The van der Waals surface area contributed by atoms with E-state index in [0.717, 1.165) is 23.0 Å². The van der Waals surface area contributed by atoms with Crippen LogP contribution in [0.1, 0.15) is 19.4 Å². The van der Waals surface area contributed by atoms with E-state index in [9.17, 15) is 5.11 Å². The molecule has 2 aromatic rings. The van der Waals surface area contributed by atoms with Crippen LogP contribution in [0.25, 0.3) is 10.9 Å². The quantitative estimate of drug-likeness (QED) is 0.765. The molecular weight excluding hydrogens is 276 g/mol. The first-order chi connectivity index (χ1) is 9.51. The van der Waals surface area contributed by atoms with Crippen molar-refractivity contribution in [3.8, 4) is 0 Å². The third-order valence-corrected chi connectivity index (χ3v) is 3.48. The minimum atomic E-state index is -0.768. The molecule has 20 heavy (non-hydrogen) atoms. The van der Waals surface area contributed by atoms with Gasteiger partial charge < -0.3 is 20.1 Å². The van der Waals surface area contributed by atoms with Crippen molar-refractivity contribution in [3.63, 3.8) is 0 Å². The zero-order valence-corrected chi connectivity index (χ0v) is 12.6. The van der Waals surface area contributed by atoms with Gasteiger partial charge in [0.2, 0.25) is 0 Å². The number of rotatable bonds is 6. The summed E-state index contributed by atoms with van der Waals surface area (Å²) in [6.07, 6.45) is 1.24. The minimum Gasteiger partial charge on any atom is -0.394 e. The molecule has 0 bridgehead atoms. The van der Waals surface area contributed by atoms with Crippen molar-refractivity contribution < 1.29 is 10.2 Å². The summed E-state index contributed by atoms with van der Waals surface area (Å²) in [5.74, 6) is 0. The minimum absolute atomic E-state index is 0.250. The molecule has 0 aliphatic carbocycles. The topological polar surface area (TPSA) is 57.4 Å². The van der Waals surface area contributed by atoms with E-state index in [1.807, 2.05) is 29.0 Å². The van der Waals surface area contributed by atoms with Gasteiger partial charge in [0.25, 0.3) is 0 Å². The highest BCUT2D eigenvalue weighted by atomic mass is 35.5. The van der Waals surface area contributed by atoms with Crippen molar-refractivity contribution in [1.29, 1.82) is 0 Å². The van der Waals surface area contributed by atoms with Crippen molar-refractivity contribution in [2.45, 2.75) is 39.1 Å². The smallest absolute Gasteiger partial charge is 0.0949 e. The van der Waals surface area contributed by atoms with Gasteiger partial charge in [-0.2, -0.15) is 0 Å². The van der Waals surface area contributed by atoms with Crippen LogP contribution in [0.4, 0.5) is 0 Å². The van der Waals surface area contributed by atoms with Crippen molar-refractivity contribution in [2.75, 3.05) is 6.61 Å². The summed E-state index contributed by atoms with van der Waals surface area (Å²) < 4.78 is 1.94. The number of hydrogen-bond donors (Lipinski definition) is 3. The van der Waals surface area contributed by atoms with Gasteiger partial charge in [0.15, 0.2) is 0 Å². The fourth-order valence-corrected chi connectivity index (χ4v) is 2.40. The van der Waals surface area contributed by atoms with Gasteiger partial charge >= 0.3 is 0 Å². The lowest BCUT2D eigenvalue weighted by Crippen LogP contribution is -2.22. The van der Waals surface area contributed by atoms with Crippen LogP contribution in [0.2, 0.25) is 5.02 Å². The predicted molar refractivity (Wildman–Crippen MR) is 82.0 cm³/mol. The summed E-state index contributed by atoms with van der Waals surface area (Å²) in [6, 6.07) is 6.16. The highest BCUT2D eigenvalue weighted by Gasteiger charge is 2.12. The van der Waals surface area contributed by atoms with Gasteiger partial charge in [-0.3, -0.25) is 0 Å². The number of aliphatic hydroxyl groups excluding tert-OH is 2. The first-order valence-corrected chi connectivity index (χ1v) is 7.18. The van der Waals surface area contributed by atoms with Crippen LogP contribution in [-0.4, -0.2) is 33.5 Å². The number of halogens is 1. The molecule has 0 saturated carbocycles. The van der Waals surface area contributed by atoms with Crippen molar-refractivity contribution in [2.24, 2.45) is 0 Å². The van der Waals surface area contributed by atoms with E-state index in [1.165, 1.54) is 0 Å². The number of fused-ring (bicyclic) bond motifs is 1. The Bertz CT molecular complexity index is 581. The maximum Gasteiger partial charge on any atom is 0.0949 e. The fraction of sp³-hybridized carbons (Fsp3) is 0.467. The second kappa shape index (κ2) is 6.59. The van der Waals surface area contributed by atoms with E-state index in [4.69, 9.17) is 16.7 Å². The predicted octanol–water partition coefficient (Wildman–Crippen LogP) is 2.15. The molecule has 0 aliphatic heterocycles. The Balaban J connectivity index is 2.37. The van der Waals surface area contributed by atoms with Crippen LogP contribution in [-0.2, 0) is 13.1 Å². The lowest BCUT2D eigenvalue weighted by Gasteiger charge is -2.09. The molecular formula is C15H21ClN2O2. The third kappa shape index (κ3) is 3.52. The number of hydrogen-bond acceptors (Lipinski definition) is 3. The second-order valence-electron chi connectivity index (χ2n) is 5.34. The molecule has 0 amide bonds. The number of benzene rings is 1. The summed E-state index contributed by atoms with van der Waals surface area (Å²) in [6.45, 7) is 5.07. The molecule has 1 unspecified atom stereocenters. The highest BCUT2D eigenvalue weighted by molar-refractivity contribution is 6.31. The Morgan fingerprint density at radius 3 is 2.75 bits per heavy atom. The van der Waals surface area contributed by atoms with E-state index < -0.39 is 6.10 Å². The Morgan fingerprint density at radius 2 is 2.10 bits per heavy atom. The zero-order chi connectivity index (χ0) is 14.7. The number of aliphatic hydroxyl groups is 2. The molecule has 0 radical (unpaired) electrons. The van der Waals surface area contributed by atoms with Gasteiger partial charge in [-0.1, -0.05) is 31.5 Å². The van der Waals surface area contributed by atoms with Crippen LogP contribution in [0.5, 0.6) is 0 Å². The van der Waals surface area contributed by atoms with Gasteiger partial charge in [-0.25, -0.2) is 0 Å². The molecule has 1 aromatic heterocycles. The summed E-state index contributed by atoms with van der Waals surface area (Å²) in [7, 11) is 0. The normalized spacial score (nSPS) is 13.3. The Labute approximate surface area is 124 Å². The third-order valence-electron chi connectivity index (χ3n) is 3.25. The van der Waals surface area contributed by atoms with Crippen LogP contribution in [0, 0.1) is 0 Å². The Hall–Kier alpha value is -1.07. The summed E-state index contributed by atoms with van der Waals surface area (Å²) in [5, 5.41) is 23.8. The average molecular weight is 297 g/mol. The zero-order valence-electron chi connectivity index (χ0n) is 11.8. The van der Waals surface area contributed by atoms with Gasteiger partial charge in [0.05, 0.1) is 19.3 Å². The van der Waals surface area contributed by atoms with E-state index >= 15 is 0 Å². The van der Waals surface area contributed by atoms with Gasteiger partial charge in [-0.05, 0) is 17.7 Å². The molecule has 0 spiro atoms. The lowest BCUT2D eigenvalue weighted by atomic mass is 10.1. The van der Waals surface area contributed by atoms with Crippen LogP contribution >= 0.6 is 11.6 Å². The van der Waals surface area contributed by atoms with E-state index in [-0.39, 0.29) is 6.61 Å². The SMILES string of the molecule is CC(C)NCc1cn(CC(O)CO)c2cc(Cl)ccc12. The van der Waals surface area contributed by atoms with Crippen molar-refractivity contribution in [3.05, 3.63) is 35.0 Å². The van der Waals surface area contributed by atoms with Gasteiger partial charge in [-0.15, -0.1) is 0 Å². The molecule has 1 aromatic carbocycles. The molecule has 1 atom stereocenters.